The quantitative estimate of drug-likeness (QED) is 0.727. The summed E-state index contributed by atoms with van der Waals surface area (Å²) in [6.07, 6.45) is 0.389. The van der Waals surface area contributed by atoms with Gasteiger partial charge in [0.05, 0.1) is 11.4 Å². The summed E-state index contributed by atoms with van der Waals surface area (Å²) in [7, 11) is 0. The molecule has 4 heteroatoms. The Morgan fingerprint density at radius 3 is 2.65 bits per heavy atom. The maximum Gasteiger partial charge on any atom is 0.226 e. The number of hydrogen-bond donors (Lipinski definition) is 2. The number of rotatable bonds is 0. The molecule has 0 radical (unpaired) electrons. The van der Waals surface area contributed by atoms with Crippen LogP contribution in [0, 0.1) is 11.2 Å². The van der Waals surface area contributed by atoms with Crippen LogP contribution in [0.25, 0.3) is 0 Å². The predicted molar refractivity (Wildman–Crippen MR) is 66.5 cm³/mol. The summed E-state index contributed by atoms with van der Waals surface area (Å²) in [5.41, 5.74) is 1.26. The number of benzene rings is 1. The van der Waals surface area contributed by atoms with Gasteiger partial charge in [-0.05, 0) is 23.6 Å². The monoisotopic (exact) mass is 236 g/mol. The van der Waals surface area contributed by atoms with E-state index < -0.39 is 0 Å². The average molecular weight is 236 g/mol. The number of carbonyl (C=O) groups excluding carboxylic acids is 1. The minimum absolute atomic E-state index is 0.0344. The SMILES string of the molecule is CC(C)(C)C1CC(=O)Nc2cc(F)ccc2N1. The van der Waals surface area contributed by atoms with Crippen molar-refractivity contribution < 1.29 is 9.18 Å². The molecule has 0 fully saturated rings. The van der Waals surface area contributed by atoms with Crippen LogP contribution in [0.2, 0.25) is 0 Å². The third kappa shape index (κ3) is 2.57. The lowest BCUT2D eigenvalue weighted by Gasteiger charge is -2.30. The highest BCUT2D eigenvalue weighted by Crippen LogP contribution is 2.32. The molecule has 0 saturated heterocycles. The van der Waals surface area contributed by atoms with Gasteiger partial charge in [-0.25, -0.2) is 4.39 Å². The van der Waals surface area contributed by atoms with Gasteiger partial charge in [-0.15, -0.1) is 0 Å². The lowest BCUT2D eigenvalue weighted by atomic mass is 9.84. The molecule has 1 aliphatic rings. The van der Waals surface area contributed by atoms with Gasteiger partial charge in [0.1, 0.15) is 5.82 Å². The third-order valence-electron chi connectivity index (χ3n) is 3.02. The van der Waals surface area contributed by atoms with E-state index in [1.807, 2.05) is 0 Å². The summed E-state index contributed by atoms with van der Waals surface area (Å²) in [5, 5.41) is 6.03. The first-order valence-corrected chi connectivity index (χ1v) is 5.72. The maximum atomic E-state index is 13.1. The number of fused-ring (bicyclic) bond motifs is 1. The molecule has 3 nitrogen and oxygen atoms in total. The molecular weight excluding hydrogens is 219 g/mol. The van der Waals surface area contributed by atoms with E-state index in [1.54, 1.807) is 6.07 Å². The van der Waals surface area contributed by atoms with Gasteiger partial charge in [0.15, 0.2) is 0 Å². The largest absolute Gasteiger partial charge is 0.380 e. The van der Waals surface area contributed by atoms with Crippen LogP contribution in [0.1, 0.15) is 27.2 Å². The Kier molecular flexibility index (Phi) is 2.81. The number of hydrogen-bond acceptors (Lipinski definition) is 2. The molecule has 1 aliphatic heterocycles. The van der Waals surface area contributed by atoms with Crippen LogP contribution < -0.4 is 10.6 Å². The number of anilines is 2. The summed E-state index contributed by atoms with van der Waals surface area (Å²) in [6.45, 7) is 6.23. The first kappa shape index (κ1) is 11.9. The molecule has 2 N–H and O–H groups in total. The molecular formula is C13H17FN2O. The van der Waals surface area contributed by atoms with Crippen molar-refractivity contribution in [2.45, 2.75) is 33.2 Å². The highest BCUT2D eigenvalue weighted by Gasteiger charge is 2.30. The Bertz CT molecular complexity index is 451. The van der Waals surface area contributed by atoms with Crippen molar-refractivity contribution in [3.05, 3.63) is 24.0 Å². The maximum absolute atomic E-state index is 13.1. The minimum Gasteiger partial charge on any atom is -0.380 e. The zero-order valence-corrected chi connectivity index (χ0v) is 10.3. The summed E-state index contributed by atoms with van der Waals surface area (Å²) in [5.74, 6) is -0.429. The molecule has 0 spiro atoms. The molecule has 1 heterocycles. The second kappa shape index (κ2) is 4.02. The normalized spacial score (nSPS) is 20.0. The molecule has 0 aliphatic carbocycles. The van der Waals surface area contributed by atoms with Gasteiger partial charge in [0, 0.05) is 12.5 Å². The van der Waals surface area contributed by atoms with Gasteiger partial charge in [-0.3, -0.25) is 4.79 Å². The van der Waals surface area contributed by atoms with Gasteiger partial charge in [-0.2, -0.15) is 0 Å². The lowest BCUT2D eigenvalue weighted by molar-refractivity contribution is -0.116. The predicted octanol–water partition coefficient (Wildman–Crippen LogP) is 2.99. The molecule has 0 aromatic heterocycles. The fourth-order valence-electron chi connectivity index (χ4n) is 1.89. The lowest BCUT2D eigenvalue weighted by Crippen LogP contribution is -2.35. The second-order valence-electron chi connectivity index (χ2n) is 5.51. The molecule has 17 heavy (non-hydrogen) atoms. The van der Waals surface area contributed by atoms with Gasteiger partial charge in [0.25, 0.3) is 0 Å². The van der Waals surface area contributed by atoms with E-state index >= 15 is 0 Å². The number of nitrogens with one attached hydrogen (secondary N) is 2. The van der Waals surface area contributed by atoms with Crippen LogP contribution in [-0.2, 0) is 4.79 Å². The van der Waals surface area contributed by atoms with Crippen molar-refractivity contribution in [3.63, 3.8) is 0 Å². The highest BCUT2D eigenvalue weighted by atomic mass is 19.1. The van der Waals surface area contributed by atoms with E-state index in [-0.39, 0.29) is 23.2 Å². The zero-order chi connectivity index (χ0) is 12.6. The van der Waals surface area contributed by atoms with Crippen molar-refractivity contribution in [1.29, 1.82) is 0 Å². The van der Waals surface area contributed by atoms with Crippen LogP contribution in [0.3, 0.4) is 0 Å². The first-order valence-electron chi connectivity index (χ1n) is 5.72. The van der Waals surface area contributed by atoms with Crippen molar-refractivity contribution in [3.8, 4) is 0 Å². The van der Waals surface area contributed by atoms with Crippen molar-refractivity contribution in [1.82, 2.24) is 0 Å². The standard InChI is InChI=1S/C13H17FN2O/c1-13(2,3)11-7-12(17)16-10-6-8(14)4-5-9(10)15-11/h4-6,11,15H,7H2,1-3H3,(H,16,17). The van der Waals surface area contributed by atoms with Crippen molar-refractivity contribution in [2.24, 2.45) is 5.41 Å². The van der Waals surface area contributed by atoms with Crippen molar-refractivity contribution >= 4 is 17.3 Å². The summed E-state index contributed by atoms with van der Waals surface area (Å²) < 4.78 is 13.1. The van der Waals surface area contributed by atoms with E-state index in [2.05, 4.69) is 31.4 Å². The molecule has 1 aromatic carbocycles. The number of carbonyl (C=O) groups is 1. The van der Waals surface area contributed by atoms with E-state index in [0.29, 0.717) is 12.1 Å². The molecule has 1 amide bonds. The first-order chi connectivity index (χ1) is 7.86. The Balaban J connectivity index is 2.37. The van der Waals surface area contributed by atoms with Crippen LogP contribution in [-0.4, -0.2) is 11.9 Å². The molecule has 2 rings (SSSR count). The zero-order valence-electron chi connectivity index (χ0n) is 10.3. The molecule has 0 bridgehead atoms. The van der Waals surface area contributed by atoms with E-state index in [1.165, 1.54) is 12.1 Å². The van der Waals surface area contributed by atoms with Crippen LogP contribution in [0.5, 0.6) is 0 Å². The topological polar surface area (TPSA) is 41.1 Å². The number of amides is 1. The Labute approximate surface area is 100 Å². The summed E-state index contributed by atoms with van der Waals surface area (Å²) in [6, 6.07) is 4.43. The van der Waals surface area contributed by atoms with E-state index in [4.69, 9.17) is 0 Å². The molecule has 0 saturated carbocycles. The summed E-state index contributed by atoms with van der Waals surface area (Å²) >= 11 is 0. The van der Waals surface area contributed by atoms with Crippen LogP contribution in [0.15, 0.2) is 18.2 Å². The van der Waals surface area contributed by atoms with E-state index in [9.17, 15) is 9.18 Å². The van der Waals surface area contributed by atoms with Gasteiger partial charge in [0.2, 0.25) is 5.91 Å². The minimum atomic E-state index is -0.347. The Morgan fingerprint density at radius 1 is 1.29 bits per heavy atom. The number of halogens is 1. The van der Waals surface area contributed by atoms with Crippen molar-refractivity contribution in [2.75, 3.05) is 10.6 Å². The highest BCUT2D eigenvalue weighted by molar-refractivity contribution is 5.96. The van der Waals surface area contributed by atoms with Gasteiger partial charge >= 0.3 is 0 Å². The Hall–Kier alpha value is -1.58. The smallest absolute Gasteiger partial charge is 0.226 e. The second-order valence-corrected chi connectivity index (χ2v) is 5.51. The average Bonchev–Trinajstić information content (AvgIpc) is 2.34. The van der Waals surface area contributed by atoms with Crippen LogP contribution >= 0.6 is 0 Å². The molecule has 1 atom stereocenters. The third-order valence-corrected chi connectivity index (χ3v) is 3.02. The van der Waals surface area contributed by atoms with Gasteiger partial charge < -0.3 is 10.6 Å². The summed E-state index contributed by atoms with van der Waals surface area (Å²) in [4.78, 5) is 11.7. The van der Waals surface area contributed by atoms with Crippen LogP contribution in [0.4, 0.5) is 15.8 Å². The molecule has 92 valence electrons. The fraction of sp³-hybridized carbons (Fsp3) is 0.462. The fourth-order valence-corrected chi connectivity index (χ4v) is 1.89. The molecule has 1 unspecified atom stereocenters. The molecule has 1 aromatic rings. The van der Waals surface area contributed by atoms with E-state index in [0.717, 1.165) is 5.69 Å². The Morgan fingerprint density at radius 2 is 2.00 bits per heavy atom. The van der Waals surface area contributed by atoms with Gasteiger partial charge in [-0.1, -0.05) is 20.8 Å².